The smallest absolute Gasteiger partial charge is 0.225 e. The lowest BCUT2D eigenvalue weighted by Crippen LogP contribution is -2.28. The zero-order valence-electron chi connectivity index (χ0n) is 11.1. The number of rotatable bonds is 7. The number of hydrogen-bond donors (Lipinski definition) is 2. The zero-order valence-corrected chi connectivity index (χ0v) is 11.1. The molecule has 0 saturated carbocycles. The molecule has 0 bridgehead atoms. The molecule has 1 amide bonds. The average Bonchev–Trinajstić information content (AvgIpc) is 2.36. The van der Waals surface area contributed by atoms with Gasteiger partial charge in [0.05, 0.1) is 7.11 Å². The maximum atomic E-state index is 11.4. The van der Waals surface area contributed by atoms with Crippen LogP contribution in [0.1, 0.15) is 20.3 Å². The summed E-state index contributed by atoms with van der Waals surface area (Å²) in [5, 5.41) is 5.82. The molecule has 6 heteroatoms. The van der Waals surface area contributed by atoms with Crippen LogP contribution in [0.4, 0.5) is 5.95 Å². The topological polar surface area (TPSA) is 76.1 Å². The number of carbonyl (C=O) groups excluding carboxylic acids is 1. The molecule has 1 heterocycles. The fourth-order valence-electron chi connectivity index (χ4n) is 1.24. The van der Waals surface area contributed by atoms with Crippen molar-refractivity contribution in [1.82, 2.24) is 15.3 Å². The number of nitrogens with one attached hydrogen (secondary N) is 2. The van der Waals surface area contributed by atoms with Gasteiger partial charge in [-0.1, -0.05) is 13.8 Å². The van der Waals surface area contributed by atoms with Gasteiger partial charge in [-0.05, 0) is 5.92 Å². The molecule has 0 unspecified atom stereocenters. The quantitative estimate of drug-likeness (QED) is 0.759. The fraction of sp³-hybridized carbons (Fsp3) is 0.583. The Balaban J connectivity index is 2.26. The van der Waals surface area contributed by atoms with E-state index in [4.69, 9.17) is 4.74 Å². The van der Waals surface area contributed by atoms with Gasteiger partial charge in [0.1, 0.15) is 0 Å². The molecule has 100 valence electrons. The van der Waals surface area contributed by atoms with Crippen LogP contribution in [0.3, 0.4) is 0 Å². The van der Waals surface area contributed by atoms with Gasteiger partial charge in [-0.25, -0.2) is 4.98 Å². The molecule has 0 radical (unpaired) electrons. The highest BCUT2D eigenvalue weighted by Crippen LogP contribution is 2.06. The Morgan fingerprint density at radius 2 is 2.28 bits per heavy atom. The lowest BCUT2D eigenvalue weighted by molar-refractivity contribution is -0.120. The molecule has 0 fully saturated rings. The highest BCUT2D eigenvalue weighted by Gasteiger charge is 2.03. The highest BCUT2D eigenvalue weighted by atomic mass is 16.5. The van der Waals surface area contributed by atoms with E-state index in [1.807, 2.05) is 0 Å². The molecule has 1 aromatic heterocycles. The fourth-order valence-corrected chi connectivity index (χ4v) is 1.24. The molecule has 0 aliphatic heterocycles. The minimum Gasteiger partial charge on any atom is -0.481 e. The van der Waals surface area contributed by atoms with Gasteiger partial charge in [0.25, 0.3) is 0 Å². The minimum atomic E-state index is 0.0269. The van der Waals surface area contributed by atoms with Gasteiger partial charge >= 0.3 is 0 Å². The Hall–Kier alpha value is -1.85. The number of carbonyl (C=O) groups is 1. The Bertz CT molecular complexity index is 382. The van der Waals surface area contributed by atoms with Gasteiger partial charge in [-0.2, -0.15) is 4.98 Å². The molecule has 0 aromatic carbocycles. The molecule has 6 nitrogen and oxygen atoms in total. The van der Waals surface area contributed by atoms with Crippen LogP contribution in [0.15, 0.2) is 12.3 Å². The molecule has 1 aromatic rings. The van der Waals surface area contributed by atoms with Crippen molar-refractivity contribution in [3.8, 4) is 5.88 Å². The molecule has 0 atom stereocenters. The largest absolute Gasteiger partial charge is 0.481 e. The van der Waals surface area contributed by atoms with E-state index < -0.39 is 0 Å². The first kappa shape index (κ1) is 14.2. The standard InChI is InChI=1S/C12H20N4O2/c1-9(2)8-15-10(17)4-6-13-12-14-7-5-11(16-12)18-3/h5,7,9H,4,6,8H2,1-3H3,(H,15,17)(H,13,14,16). The van der Waals surface area contributed by atoms with Crippen molar-refractivity contribution < 1.29 is 9.53 Å². The van der Waals surface area contributed by atoms with Gasteiger partial charge in [0.2, 0.25) is 17.7 Å². The van der Waals surface area contributed by atoms with E-state index in [1.54, 1.807) is 19.4 Å². The predicted octanol–water partition coefficient (Wildman–Crippen LogP) is 1.06. The molecule has 0 aliphatic rings. The number of amides is 1. The number of methoxy groups -OCH3 is 1. The van der Waals surface area contributed by atoms with E-state index in [1.165, 1.54) is 0 Å². The summed E-state index contributed by atoms with van der Waals surface area (Å²) in [5.41, 5.74) is 0. The molecule has 0 aliphatic carbocycles. The average molecular weight is 252 g/mol. The van der Waals surface area contributed by atoms with Crippen LogP contribution in [0.2, 0.25) is 0 Å². The number of ether oxygens (including phenoxy) is 1. The monoisotopic (exact) mass is 252 g/mol. The summed E-state index contributed by atoms with van der Waals surface area (Å²) in [6.07, 6.45) is 2.00. The van der Waals surface area contributed by atoms with Crippen molar-refractivity contribution in [3.63, 3.8) is 0 Å². The second-order valence-electron chi connectivity index (χ2n) is 4.30. The summed E-state index contributed by atoms with van der Waals surface area (Å²) in [6, 6.07) is 1.67. The molecule has 1 rings (SSSR count). The van der Waals surface area contributed by atoms with Gasteiger partial charge in [0.15, 0.2) is 0 Å². The number of anilines is 1. The van der Waals surface area contributed by atoms with E-state index in [2.05, 4.69) is 34.4 Å². The molecule has 0 saturated heterocycles. The molecular weight excluding hydrogens is 232 g/mol. The second-order valence-corrected chi connectivity index (χ2v) is 4.30. The van der Waals surface area contributed by atoms with Gasteiger partial charge in [-0.15, -0.1) is 0 Å². The third kappa shape index (κ3) is 5.47. The van der Waals surface area contributed by atoms with Crippen LogP contribution in [0, 0.1) is 5.92 Å². The summed E-state index contributed by atoms with van der Waals surface area (Å²) in [5.74, 6) is 1.45. The lowest BCUT2D eigenvalue weighted by Gasteiger charge is -2.08. The summed E-state index contributed by atoms with van der Waals surface area (Å²) in [6.45, 7) is 5.32. The zero-order chi connectivity index (χ0) is 13.4. The third-order valence-corrected chi connectivity index (χ3v) is 2.18. The van der Waals surface area contributed by atoms with Crippen molar-refractivity contribution in [2.24, 2.45) is 5.92 Å². The molecular formula is C12H20N4O2. The van der Waals surface area contributed by atoms with Crippen LogP contribution in [0.25, 0.3) is 0 Å². The molecule has 2 N–H and O–H groups in total. The van der Waals surface area contributed by atoms with Crippen molar-refractivity contribution in [2.45, 2.75) is 20.3 Å². The van der Waals surface area contributed by atoms with Gasteiger partial charge < -0.3 is 15.4 Å². The first-order chi connectivity index (χ1) is 8.61. The number of hydrogen-bond acceptors (Lipinski definition) is 5. The van der Waals surface area contributed by atoms with Gasteiger partial charge in [-0.3, -0.25) is 4.79 Å². The van der Waals surface area contributed by atoms with Gasteiger partial charge in [0, 0.05) is 31.8 Å². The maximum Gasteiger partial charge on any atom is 0.225 e. The summed E-state index contributed by atoms with van der Waals surface area (Å²) >= 11 is 0. The van der Waals surface area contributed by atoms with E-state index >= 15 is 0 Å². The Morgan fingerprint density at radius 1 is 1.50 bits per heavy atom. The first-order valence-corrected chi connectivity index (χ1v) is 5.99. The molecule has 0 spiro atoms. The highest BCUT2D eigenvalue weighted by molar-refractivity contribution is 5.76. The van der Waals surface area contributed by atoms with Crippen molar-refractivity contribution in [3.05, 3.63) is 12.3 Å². The van der Waals surface area contributed by atoms with Crippen LogP contribution < -0.4 is 15.4 Å². The van der Waals surface area contributed by atoms with Crippen molar-refractivity contribution in [1.29, 1.82) is 0 Å². The van der Waals surface area contributed by atoms with Crippen LogP contribution in [-0.4, -0.2) is 36.1 Å². The normalized spacial score (nSPS) is 10.2. The maximum absolute atomic E-state index is 11.4. The summed E-state index contributed by atoms with van der Waals surface area (Å²) in [4.78, 5) is 19.6. The van der Waals surface area contributed by atoms with Crippen LogP contribution in [-0.2, 0) is 4.79 Å². The lowest BCUT2D eigenvalue weighted by atomic mass is 10.2. The number of aromatic nitrogens is 2. The first-order valence-electron chi connectivity index (χ1n) is 5.99. The predicted molar refractivity (Wildman–Crippen MR) is 69.5 cm³/mol. The Morgan fingerprint density at radius 3 is 2.94 bits per heavy atom. The number of nitrogens with zero attached hydrogens (tertiary/aromatic N) is 2. The van der Waals surface area contributed by atoms with Crippen molar-refractivity contribution >= 4 is 11.9 Å². The van der Waals surface area contributed by atoms with Crippen LogP contribution >= 0.6 is 0 Å². The second kappa shape index (κ2) is 7.47. The summed E-state index contributed by atoms with van der Waals surface area (Å²) in [7, 11) is 1.55. The van der Waals surface area contributed by atoms with Crippen LogP contribution in [0.5, 0.6) is 5.88 Å². The van der Waals surface area contributed by atoms with E-state index in [9.17, 15) is 4.79 Å². The third-order valence-electron chi connectivity index (χ3n) is 2.18. The van der Waals surface area contributed by atoms with Crippen molar-refractivity contribution in [2.75, 3.05) is 25.5 Å². The molecule has 18 heavy (non-hydrogen) atoms. The van der Waals surface area contributed by atoms with E-state index in [0.29, 0.717) is 37.3 Å². The Kier molecular flexibility index (Phi) is 5.90. The minimum absolute atomic E-state index is 0.0269. The Labute approximate surface area is 107 Å². The van der Waals surface area contributed by atoms with E-state index in [0.717, 1.165) is 0 Å². The summed E-state index contributed by atoms with van der Waals surface area (Å²) < 4.78 is 4.98. The van der Waals surface area contributed by atoms with E-state index in [-0.39, 0.29) is 5.91 Å². The SMILES string of the molecule is COc1ccnc(NCCC(=O)NCC(C)C)n1.